The molecule has 0 unspecified atom stereocenters. The number of aromatic nitrogens is 2. The average molecular weight is 448 g/mol. The number of carbonyl (C=O) groups is 1. The second-order valence-corrected chi connectivity index (χ2v) is 9.21. The molecule has 1 aliphatic heterocycles. The van der Waals surface area contributed by atoms with Gasteiger partial charge in [0.1, 0.15) is 17.3 Å². The van der Waals surface area contributed by atoms with E-state index in [1.54, 1.807) is 55.6 Å². The van der Waals surface area contributed by atoms with Crippen LogP contribution in [-0.2, 0) is 26.1 Å². The van der Waals surface area contributed by atoms with Crippen molar-refractivity contribution in [3.05, 3.63) is 64.8 Å². The number of hydrogen-bond acceptors (Lipinski definition) is 6. The molecule has 156 valence electrons. The van der Waals surface area contributed by atoms with Gasteiger partial charge in [0.05, 0.1) is 30.0 Å². The molecule has 2 heterocycles. The maximum absolute atomic E-state index is 12.5. The van der Waals surface area contributed by atoms with Gasteiger partial charge >= 0.3 is 0 Å². The van der Waals surface area contributed by atoms with E-state index in [0.29, 0.717) is 39.3 Å². The van der Waals surface area contributed by atoms with E-state index in [9.17, 15) is 13.2 Å². The summed E-state index contributed by atoms with van der Waals surface area (Å²) in [6, 6.07) is 13.7. The number of fused-ring (bicyclic) bond motifs is 1. The van der Waals surface area contributed by atoms with Crippen LogP contribution < -0.4 is 14.8 Å². The van der Waals surface area contributed by atoms with E-state index in [1.807, 2.05) is 0 Å². The van der Waals surface area contributed by atoms with Crippen LogP contribution in [0.4, 0.5) is 5.82 Å². The molecule has 8 nitrogen and oxygen atoms in total. The molecule has 1 N–H and O–H groups in total. The normalized spacial score (nSPS) is 14.2. The Hall–Kier alpha value is -3.04. The molecule has 0 spiro atoms. The minimum Gasteiger partial charge on any atom is -0.497 e. The van der Waals surface area contributed by atoms with Gasteiger partial charge in [-0.05, 0) is 48.5 Å². The Morgan fingerprint density at radius 2 is 1.77 bits per heavy atom. The minimum atomic E-state index is -3.28. The summed E-state index contributed by atoms with van der Waals surface area (Å²) in [7, 11) is -1.72. The van der Waals surface area contributed by atoms with Crippen LogP contribution in [0.5, 0.6) is 11.5 Å². The number of carbonyl (C=O) groups excluding carboxylic acids is 1. The SMILES string of the molecule is COc1ccc(-n2nc3c(c2NC(=O)COc2ccc(Cl)cc2)CS(=O)(=O)C3)cc1. The van der Waals surface area contributed by atoms with Gasteiger partial charge in [0.15, 0.2) is 16.4 Å². The summed E-state index contributed by atoms with van der Waals surface area (Å²) in [6.45, 7) is -0.253. The van der Waals surface area contributed by atoms with Crippen LogP contribution >= 0.6 is 11.6 Å². The van der Waals surface area contributed by atoms with Gasteiger partial charge in [0.2, 0.25) is 0 Å². The maximum Gasteiger partial charge on any atom is 0.263 e. The Morgan fingerprint density at radius 3 is 2.43 bits per heavy atom. The monoisotopic (exact) mass is 447 g/mol. The largest absolute Gasteiger partial charge is 0.497 e. The molecule has 0 bridgehead atoms. The Balaban J connectivity index is 1.58. The molecule has 1 amide bonds. The third kappa shape index (κ3) is 4.27. The standard InChI is InChI=1S/C20H18ClN3O5S/c1-28-15-8-4-14(5-9-15)24-20(17-11-30(26,27)12-18(17)23-24)22-19(25)10-29-16-6-2-13(21)3-7-16/h2-9H,10-12H2,1H3,(H,22,25). The van der Waals surface area contributed by atoms with Gasteiger partial charge in [-0.2, -0.15) is 5.10 Å². The molecule has 0 saturated heterocycles. The molecule has 3 aromatic rings. The van der Waals surface area contributed by atoms with Crippen LogP contribution in [0.15, 0.2) is 48.5 Å². The van der Waals surface area contributed by atoms with E-state index in [-0.39, 0.29) is 18.1 Å². The van der Waals surface area contributed by atoms with E-state index in [4.69, 9.17) is 21.1 Å². The molecule has 10 heteroatoms. The lowest BCUT2D eigenvalue weighted by Crippen LogP contribution is -2.22. The van der Waals surface area contributed by atoms with Crippen LogP contribution in [0.1, 0.15) is 11.3 Å². The number of nitrogens with one attached hydrogen (secondary N) is 1. The number of halogens is 1. The van der Waals surface area contributed by atoms with Crippen molar-refractivity contribution in [3.63, 3.8) is 0 Å². The summed E-state index contributed by atoms with van der Waals surface area (Å²) in [5, 5.41) is 7.73. The zero-order valence-electron chi connectivity index (χ0n) is 16.0. The Bertz CT molecular complexity index is 1190. The number of nitrogens with zero attached hydrogens (tertiary/aromatic N) is 2. The molecule has 0 atom stereocenters. The van der Waals surface area contributed by atoms with Gasteiger partial charge in [-0.25, -0.2) is 13.1 Å². The van der Waals surface area contributed by atoms with Crippen molar-refractivity contribution in [2.75, 3.05) is 19.0 Å². The minimum absolute atomic E-state index is 0.157. The highest BCUT2D eigenvalue weighted by Crippen LogP contribution is 2.33. The lowest BCUT2D eigenvalue weighted by atomic mass is 10.2. The zero-order chi connectivity index (χ0) is 21.3. The fourth-order valence-corrected chi connectivity index (χ4v) is 4.75. The lowest BCUT2D eigenvalue weighted by Gasteiger charge is -2.12. The van der Waals surface area contributed by atoms with E-state index in [1.165, 1.54) is 4.68 Å². The smallest absolute Gasteiger partial charge is 0.263 e. The van der Waals surface area contributed by atoms with Crippen LogP contribution in [-0.4, -0.2) is 37.8 Å². The summed E-state index contributed by atoms with van der Waals surface area (Å²) >= 11 is 5.84. The van der Waals surface area contributed by atoms with Gasteiger partial charge < -0.3 is 14.8 Å². The quantitative estimate of drug-likeness (QED) is 0.623. The number of rotatable bonds is 6. The molecule has 30 heavy (non-hydrogen) atoms. The molecule has 0 fully saturated rings. The van der Waals surface area contributed by atoms with E-state index in [2.05, 4.69) is 10.4 Å². The average Bonchev–Trinajstić information content (AvgIpc) is 3.20. The van der Waals surface area contributed by atoms with Gasteiger partial charge in [0, 0.05) is 10.6 Å². The second-order valence-electron chi connectivity index (χ2n) is 6.71. The van der Waals surface area contributed by atoms with Gasteiger partial charge in [-0.15, -0.1) is 0 Å². The third-order valence-electron chi connectivity index (χ3n) is 4.55. The summed E-state index contributed by atoms with van der Waals surface area (Å²) in [5.74, 6) is 0.712. The van der Waals surface area contributed by atoms with Crippen molar-refractivity contribution in [2.45, 2.75) is 11.5 Å². The van der Waals surface area contributed by atoms with E-state index < -0.39 is 15.7 Å². The van der Waals surface area contributed by atoms with Crippen LogP contribution in [0.3, 0.4) is 0 Å². The first kappa shape index (κ1) is 20.2. The first-order valence-corrected chi connectivity index (χ1v) is 11.2. The Kier molecular flexibility index (Phi) is 5.40. The number of ether oxygens (including phenoxy) is 2. The number of methoxy groups -OCH3 is 1. The van der Waals surface area contributed by atoms with Crippen molar-refractivity contribution in [3.8, 4) is 17.2 Å². The highest BCUT2D eigenvalue weighted by atomic mass is 35.5. The molecule has 0 aliphatic carbocycles. The second kappa shape index (κ2) is 8.00. The summed E-state index contributed by atoms with van der Waals surface area (Å²) in [6.07, 6.45) is 0. The van der Waals surface area contributed by atoms with Crippen LogP contribution in [0, 0.1) is 0 Å². The van der Waals surface area contributed by atoms with Crippen molar-refractivity contribution in [1.29, 1.82) is 0 Å². The van der Waals surface area contributed by atoms with Crippen molar-refractivity contribution in [2.24, 2.45) is 0 Å². The summed E-state index contributed by atoms with van der Waals surface area (Å²) in [5.41, 5.74) is 1.59. The molecule has 0 saturated carbocycles. The molecule has 2 aromatic carbocycles. The number of benzene rings is 2. The fraction of sp³-hybridized carbons (Fsp3) is 0.200. The highest BCUT2D eigenvalue weighted by molar-refractivity contribution is 7.90. The topological polar surface area (TPSA) is 99.5 Å². The van der Waals surface area contributed by atoms with Crippen molar-refractivity contribution < 1.29 is 22.7 Å². The van der Waals surface area contributed by atoms with Crippen molar-refractivity contribution in [1.82, 2.24) is 9.78 Å². The number of sulfone groups is 1. The molecule has 4 rings (SSSR count). The van der Waals surface area contributed by atoms with E-state index in [0.717, 1.165) is 0 Å². The predicted octanol–water partition coefficient (Wildman–Crippen LogP) is 2.98. The van der Waals surface area contributed by atoms with Gasteiger partial charge in [-0.3, -0.25) is 4.79 Å². The van der Waals surface area contributed by atoms with Gasteiger partial charge in [0.25, 0.3) is 5.91 Å². The molecule has 1 aromatic heterocycles. The van der Waals surface area contributed by atoms with Crippen LogP contribution in [0.25, 0.3) is 5.69 Å². The molecular formula is C20H18ClN3O5S. The van der Waals surface area contributed by atoms with Gasteiger partial charge in [-0.1, -0.05) is 11.6 Å². The maximum atomic E-state index is 12.5. The zero-order valence-corrected chi connectivity index (χ0v) is 17.5. The Labute approximate surface area is 178 Å². The summed E-state index contributed by atoms with van der Waals surface area (Å²) in [4.78, 5) is 12.5. The highest BCUT2D eigenvalue weighted by Gasteiger charge is 2.33. The van der Waals surface area contributed by atoms with Crippen LogP contribution in [0.2, 0.25) is 5.02 Å². The fourth-order valence-electron chi connectivity index (χ4n) is 3.13. The van der Waals surface area contributed by atoms with E-state index >= 15 is 0 Å². The van der Waals surface area contributed by atoms with Crippen molar-refractivity contribution >= 4 is 33.2 Å². The predicted molar refractivity (Wildman–Crippen MR) is 112 cm³/mol. The first-order chi connectivity index (χ1) is 14.3. The number of hydrogen-bond donors (Lipinski definition) is 1. The molecular weight excluding hydrogens is 430 g/mol. The molecule has 0 radical (unpaired) electrons. The number of anilines is 1. The molecule has 1 aliphatic rings. The summed E-state index contributed by atoms with van der Waals surface area (Å²) < 4.78 is 36.2. The first-order valence-electron chi connectivity index (χ1n) is 8.98. The Morgan fingerprint density at radius 1 is 1.10 bits per heavy atom. The number of amides is 1. The lowest BCUT2D eigenvalue weighted by molar-refractivity contribution is -0.118. The third-order valence-corrected chi connectivity index (χ3v) is 6.24.